The van der Waals surface area contributed by atoms with E-state index in [0.717, 1.165) is 44.7 Å². The molecule has 3 nitrogen and oxygen atoms in total. The molecule has 0 fully saturated rings. The van der Waals surface area contributed by atoms with Crippen molar-refractivity contribution in [2.24, 2.45) is 0 Å². The minimum atomic E-state index is -0.268. The molecule has 0 aliphatic carbocycles. The van der Waals surface area contributed by atoms with Crippen molar-refractivity contribution in [2.45, 2.75) is 0 Å². The van der Waals surface area contributed by atoms with E-state index >= 15 is 0 Å². The van der Waals surface area contributed by atoms with Crippen LogP contribution in [0.4, 0.5) is 0 Å². The number of fused-ring (bicyclic) bond motifs is 3. The Morgan fingerprint density at radius 3 is 1.39 bits per heavy atom. The van der Waals surface area contributed by atoms with E-state index in [-0.39, 0.29) is 58.6 Å². The Balaban J connectivity index is 1.34. The normalized spacial score (nSPS) is 13.0. The summed E-state index contributed by atoms with van der Waals surface area (Å²) in [6, 6.07) is 43.8. The van der Waals surface area contributed by atoms with Crippen LogP contribution in [0.2, 0.25) is 0 Å². The first-order chi connectivity index (χ1) is 26.8. The van der Waals surface area contributed by atoms with Crippen LogP contribution in [0.5, 0.6) is 0 Å². The topological polar surface area (TPSA) is 38.7 Å². The molecule has 7 aromatic carbocycles. The lowest BCUT2D eigenvalue weighted by molar-refractivity contribution is 1.08. The van der Waals surface area contributed by atoms with Gasteiger partial charge in [-0.1, -0.05) is 158 Å². The highest BCUT2D eigenvalue weighted by Crippen LogP contribution is 2.39. The number of nitrogens with zero attached hydrogens (tertiary/aromatic N) is 3. The number of hydrogen-bond acceptors (Lipinski definition) is 4. The molecule has 0 amide bonds. The van der Waals surface area contributed by atoms with E-state index in [4.69, 9.17) is 17.7 Å². The second-order valence-electron chi connectivity index (χ2n) is 11.5. The van der Waals surface area contributed by atoms with Crippen molar-refractivity contribution in [3.05, 3.63) is 176 Å². The second-order valence-corrected chi connectivity index (χ2v) is 12.5. The lowest BCUT2D eigenvalue weighted by Gasteiger charge is -2.14. The predicted octanol–water partition coefficient (Wildman–Crippen LogP) is 12.2. The van der Waals surface area contributed by atoms with E-state index in [1.54, 1.807) is 12.1 Å². The summed E-state index contributed by atoms with van der Waals surface area (Å²) in [5, 5.41) is 0.539. The van der Waals surface area contributed by atoms with Crippen LogP contribution in [0.25, 0.3) is 87.7 Å². The molecular weight excluding hydrogens is 615 g/mol. The Bertz CT molecular complexity index is 2830. The van der Waals surface area contributed by atoms with Gasteiger partial charge in [0, 0.05) is 36.9 Å². The largest absolute Gasteiger partial charge is 0.208 e. The highest BCUT2D eigenvalue weighted by atomic mass is 32.1. The van der Waals surface area contributed by atoms with Crippen LogP contribution in [0.1, 0.15) is 8.22 Å². The zero-order valence-corrected chi connectivity index (χ0v) is 26.8. The Morgan fingerprint density at radius 1 is 0.347 bits per heavy atom. The molecule has 49 heavy (non-hydrogen) atoms. The van der Waals surface area contributed by atoms with Crippen LogP contribution in [0.3, 0.4) is 0 Å². The molecule has 0 saturated heterocycles. The molecular formula is C45H29N3S. The molecule has 0 unspecified atom stereocenters. The monoisotopic (exact) mass is 649 g/mol. The van der Waals surface area contributed by atoms with Crippen LogP contribution < -0.4 is 0 Å². The van der Waals surface area contributed by atoms with Crippen molar-refractivity contribution < 1.29 is 8.22 Å². The van der Waals surface area contributed by atoms with Gasteiger partial charge in [-0.2, -0.15) is 0 Å². The Hall–Kier alpha value is -6.23. The fourth-order valence-electron chi connectivity index (χ4n) is 6.08. The van der Waals surface area contributed by atoms with Gasteiger partial charge in [0.15, 0.2) is 17.5 Å². The van der Waals surface area contributed by atoms with Gasteiger partial charge in [-0.15, -0.1) is 11.3 Å². The number of aromatic nitrogens is 3. The summed E-state index contributed by atoms with van der Waals surface area (Å²) in [5.74, 6) is 0.756. The predicted molar refractivity (Wildman–Crippen MR) is 205 cm³/mol. The zero-order chi connectivity index (χ0) is 37.8. The van der Waals surface area contributed by atoms with Crippen LogP contribution in [0, 0.1) is 0 Å². The van der Waals surface area contributed by atoms with Crippen LogP contribution in [-0.2, 0) is 0 Å². The Morgan fingerprint density at radius 2 is 0.816 bits per heavy atom. The van der Waals surface area contributed by atoms with E-state index < -0.39 is 0 Å². The van der Waals surface area contributed by atoms with Gasteiger partial charge in [0.1, 0.15) is 0 Å². The molecule has 9 aromatic rings. The number of thiophene rings is 1. The summed E-state index contributed by atoms with van der Waals surface area (Å²) >= 11 is 1.09. The molecule has 230 valence electrons. The highest BCUT2D eigenvalue weighted by Gasteiger charge is 2.18. The van der Waals surface area contributed by atoms with Gasteiger partial charge in [0.2, 0.25) is 0 Å². The van der Waals surface area contributed by atoms with E-state index in [0.29, 0.717) is 32.0 Å². The molecule has 0 saturated carbocycles. The molecule has 0 spiro atoms. The van der Waals surface area contributed by atoms with E-state index in [1.165, 1.54) is 0 Å². The Kier molecular flexibility index (Phi) is 5.87. The lowest BCUT2D eigenvalue weighted by Crippen LogP contribution is -2.02. The Labute approximate surface area is 297 Å². The molecule has 0 atom stereocenters. The third-order valence-electron chi connectivity index (χ3n) is 8.44. The maximum atomic E-state index is 9.60. The summed E-state index contributed by atoms with van der Waals surface area (Å²) in [6.45, 7) is 0. The van der Waals surface area contributed by atoms with Crippen LogP contribution >= 0.6 is 11.3 Å². The van der Waals surface area contributed by atoms with Crippen molar-refractivity contribution in [1.82, 2.24) is 15.0 Å². The SMILES string of the molecule is [2H]c1c(-c2ccccc2)c([2H])c2c(sc3c([2H])c(-c4nc(-c5ccccc5-c5ccccc5)nc(-c5ccccc5-c5ccccc5)n4)c([2H])c([2H])c32)c1[2H]. The molecule has 0 N–H and O–H groups in total. The van der Waals surface area contributed by atoms with Crippen LogP contribution in [-0.4, -0.2) is 15.0 Å². The smallest absolute Gasteiger partial charge is 0.164 e. The van der Waals surface area contributed by atoms with Gasteiger partial charge >= 0.3 is 0 Å². The highest BCUT2D eigenvalue weighted by molar-refractivity contribution is 7.25. The third kappa shape index (κ3) is 5.48. The minimum absolute atomic E-state index is 0.00623. The standard InChI is InChI=1S/C45H29N3S/c1-4-14-30(15-5-1)33-25-27-41-40(28-33)37-26-24-34(29-42(37)49-41)43-46-44(38-22-12-10-20-35(38)31-16-6-2-7-17-31)48-45(47-43)39-23-13-11-21-36(39)32-18-8-3-9-19-32/h1-29H/i24D,25D,26D,27D,28D,29D. The average Bonchev–Trinajstić information content (AvgIpc) is 3.65. The summed E-state index contributed by atoms with van der Waals surface area (Å²) in [7, 11) is 0. The zero-order valence-electron chi connectivity index (χ0n) is 32.0. The molecule has 2 aromatic heterocycles. The quantitative estimate of drug-likeness (QED) is 0.180. The fraction of sp³-hybridized carbons (Fsp3) is 0. The fourth-order valence-corrected chi connectivity index (χ4v) is 7.05. The second kappa shape index (κ2) is 12.4. The first-order valence-corrected chi connectivity index (χ1v) is 16.7. The van der Waals surface area contributed by atoms with Crippen molar-refractivity contribution in [3.8, 4) is 67.5 Å². The van der Waals surface area contributed by atoms with E-state index in [1.807, 2.05) is 127 Å². The molecule has 0 aliphatic rings. The van der Waals surface area contributed by atoms with Crippen molar-refractivity contribution in [1.29, 1.82) is 0 Å². The molecule has 9 rings (SSSR count). The molecule has 2 heterocycles. The van der Waals surface area contributed by atoms with Gasteiger partial charge in [0.25, 0.3) is 0 Å². The molecule has 0 radical (unpaired) electrons. The average molecular weight is 650 g/mol. The van der Waals surface area contributed by atoms with Crippen molar-refractivity contribution in [3.63, 3.8) is 0 Å². The molecule has 4 heteroatoms. The maximum Gasteiger partial charge on any atom is 0.164 e. The van der Waals surface area contributed by atoms with Gasteiger partial charge < -0.3 is 0 Å². The van der Waals surface area contributed by atoms with E-state index in [2.05, 4.69) is 0 Å². The summed E-state index contributed by atoms with van der Waals surface area (Å²) in [4.78, 5) is 15.0. The van der Waals surface area contributed by atoms with Crippen LogP contribution in [0.15, 0.2) is 176 Å². The summed E-state index contributed by atoms with van der Waals surface area (Å²) in [6.07, 6.45) is 0. The third-order valence-corrected chi connectivity index (χ3v) is 9.46. The molecule has 0 bridgehead atoms. The van der Waals surface area contributed by atoms with Crippen molar-refractivity contribution in [2.75, 3.05) is 0 Å². The number of hydrogen-bond donors (Lipinski definition) is 0. The van der Waals surface area contributed by atoms with Gasteiger partial charge in [-0.3, -0.25) is 0 Å². The summed E-state index contributed by atoms with van der Waals surface area (Å²) in [5.41, 5.74) is 6.14. The van der Waals surface area contributed by atoms with Gasteiger partial charge in [0.05, 0.1) is 8.22 Å². The minimum Gasteiger partial charge on any atom is -0.208 e. The maximum absolute atomic E-state index is 9.60. The first kappa shape index (κ1) is 23.2. The van der Waals surface area contributed by atoms with Crippen molar-refractivity contribution >= 4 is 31.5 Å². The first-order valence-electron chi connectivity index (χ1n) is 18.9. The molecule has 0 aliphatic heterocycles. The lowest BCUT2D eigenvalue weighted by atomic mass is 9.98. The number of benzene rings is 7. The van der Waals surface area contributed by atoms with Gasteiger partial charge in [-0.05, 0) is 51.5 Å². The van der Waals surface area contributed by atoms with Gasteiger partial charge in [-0.25, -0.2) is 15.0 Å². The summed E-state index contributed by atoms with van der Waals surface area (Å²) < 4.78 is 56.2. The number of rotatable bonds is 6. The van der Waals surface area contributed by atoms with E-state index in [9.17, 15) is 5.48 Å².